The smallest absolute Gasteiger partial charge is 0.339 e. The van der Waals surface area contributed by atoms with Gasteiger partial charge in [0.15, 0.2) is 0 Å². The van der Waals surface area contributed by atoms with Crippen LogP contribution in [0.4, 0.5) is 0 Å². The van der Waals surface area contributed by atoms with E-state index in [1.165, 1.54) is 12.1 Å². The van der Waals surface area contributed by atoms with Crippen LogP contribution in [0.2, 0.25) is 0 Å². The molecule has 18 heavy (non-hydrogen) atoms. The van der Waals surface area contributed by atoms with Gasteiger partial charge < -0.3 is 9.84 Å². The number of carboxylic acid groups (broad SMARTS) is 1. The third kappa shape index (κ3) is 5.05. The molecule has 0 radical (unpaired) electrons. The molecule has 1 rings (SSSR count). The summed E-state index contributed by atoms with van der Waals surface area (Å²) in [5.74, 6) is -0.833. The number of carboxylic acids is 1. The molecule has 0 heterocycles. The highest BCUT2D eigenvalue weighted by molar-refractivity contribution is 9.10. The number of ether oxygens (including phenoxy) is 1. The minimum absolute atomic E-state index is 0.0198. The number of hydrogen-bond acceptors (Lipinski definition) is 4. The van der Waals surface area contributed by atoms with E-state index in [9.17, 15) is 13.2 Å². The Labute approximate surface area is 114 Å². The highest BCUT2D eigenvalue weighted by Crippen LogP contribution is 2.23. The van der Waals surface area contributed by atoms with Crippen molar-refractivity contribution in [1.82, 2.24) is 0 Å². The number of rotatable bonds is 6. The van der Waals surface area contributed by atoms with Crippen LogP contribution in [0.5, 0.6) is 5.75 Å². The molecule has 7 heteroatoms. The number of sulfone groups is 1. The first-order valence-corrected chi connectivity index (χ1v) is 7.98. The van der Waals surface area contributed by atoms with Crippen LogP contribution in [0, 0.1) is 0 Å². The molecule has 0 bridgehead atoms. The average Bonchev–Trinajstić information content (AvgIpc) is 2.24. The molecular formula is C11H13BrO5S. The van der Waals surface area contributed by atoms with E-state index in [0.29, 0.717) is 10.9 Å². The zero-order valence-electron chi connectivity index (χ0n) is 9.72. The van der Waals surface area contributed by atoms with Crippen molar-refractivity contribution in [3.63, 3.8) is 0 Å². The van der Waals surface area contributed by atoms with Gasteiger partial charge in [-0.25, -0.2) is 13.2 Å². The summed E-state index contributed by atoms with van der Waals surface area (Å²) in [7, 11) is -3.02. The summed E-state index contributed by atoms with van der Waals surface area (Å²) in [6, 6.07) is 4.64. The molecule has 0 fully saturated rings. The second-order valence-corrected chi connectivity index (χ2v) is 6.95. The predicted molar refractivity (Wildman–Crippen MR) is 70.9 cm³/mol. The fraction of sp³-hybridized carbons (Fsp3) is 0.364. The Morgan fingerprint density at radius 2 is 2.11 bits per heavy atom. The Balaban J connectivity index is 2.65. The van der Waals surface area contributed by atoms with Gasteiger partial charge in [0.05, 0.1) is 12.4 Å². The van der Waals surface area contributed by atoms with Gasteiger partial charge in [-0.2, -0.15) is 0 Å². The largest absolute Gasteiger partial charge is 0.493 e. The van der Waals surface area contributed by atoms with E-state index < -0.39 is 15.8 Å². The molecule has 0 unspecified atom stereocenters. The first-order valence-electron chi connectivity index (χ1n) is 5.13. The Morgan fingerprint density at radius 3 is 2.67 bits per heavy atom. The summed E-state index contributed by atoms with van der Waals surface area (Å²) in [5, 5.41) is 8.98. The summed E-state index contributed by atoms with van der Waals surface area (Å²) in [4.78, 5) is 11.0. The fourth-order valence-corrected chi connectivity index (χ4v) is 2.30. The van der Waals surface area contributed by atoms with E-state index in [1.807, 2.05) is 0 Å². The molecule has 0 saturated carbocycles. The molecule has 1 aromatic carbocycles. The number of carbonyl (C=O) groups is 1. The van der Waals surface area contributed by atoms with Crippen LogP contribution in [0.25, 0.3) is 0 Å². The SMILES string of the molecule is CS(=O)(=O)CCCOc1ccc(Br)cc1C(=O)O. The number of hydrogen-bond donors (Lipinski definition) is 1. The molecule has 0 saturated heterocycles. The van der Waals surface area contributed by atoms with Crippen LogP contribution in [-0.2, 0) is 9.84 Å². The highest BCUT2D eigenvalue weighted by Gasteiger charge is 2.12. The van der Waals surface area contributed by atoms with Crippen LogP contribution in [-0.4, -0.2) is 38.1 Å². The molecule has 1 N–H and O–H groups in total. The van der Waals surface area contributed by atoms with Crippen molar-refractivity contribution in [2.75, 3.05) is 18.6 Å². The van der Waals surface area contributed by atoms with Gasteiger partial charge in [0, 0.05) is 10.7 Å². The lowest BCUT2D eigenvalue weighted by Gasteiger charge is -2.09. The minimum Gasteiger partial charge on any atom is -0.493 e. The van der Waals surface area contributed by atoms with E-state index in [2.05, 4.69) is 15.9 Å². The maximum atomic E-state index is 11.0. The predicted octanol–water partition coefficient (Wildman–Crippen LogP) is 1.96. The molecule has 5 nitrogen and oxygen atoms in total. The lowest BCUT2D eigenvalue weighted by molar-refractivity contribution is 0.0692. The van der Waals surface area contributed by atoms with E-state index >= 15 is 0 Å². The highest BCUT2D eigenvalue weighted by atomic mass is 79.9. The van der Waals surface area contributed by atoms with Crippen molar-refractivity contribution in [2.45, 2.75) is 6.42 Å². The van der Waals surface area contributed by atoms with Crippen LogP contribution in [0.15, 0.2) is 22.7 Å². The third-order valence-electron chi connectivity index (χ3n) is 2.09. The lowest BCUT2D eigenvalue weighted by atomic mass is 10.2. The van der Waals surface area contributed by atoms with Gasteiger partial charge in [0.2, 0.25) is 0 Å². The summed E-state index contributed by atoms with van der Waals surface area (Å²) in [5.41, 5.74) is 0.0451. The van der Waals surface area contributed by atoms with Gasteiger partial charge in [-0.3, -0.25) is 0 Å². The van der Waals surface area contributed by atoms with Crippen molar-refractivity contribution in [2.24, 2.45) is 0 Å². The van der Waals surface area contributed by atoms with Crippen LogP contribution >= 0.6 is 15.9 Å². The Morgan fingerprint density at radius 1 is 1.44 bits per heavy atom. The van der Waals surface area contributed by atoms with Crippen LogP contribution < -0.4 is 4.74 Å². The minimum atomic E-state index is -3.02. The van der Waals surface area contributed by atoms with Crippen molar-refractivity contribution in [3.8, 4) is 5.75 Å². The maximum absolute atomic E-state index is 11.0. The van der Waals surface area contributed by atoms with Crippen LogP contribution in [0.3, 0.4) is 0 Å². The molecule has 0 aliphatic carbocycles. The quantitative estimate of drug-likeness (QED) is 0.803. The normalized spacial score (nSPS) is 11.2. The van der Waals surface area contributed by atoms with Crippen LogP contribution in [0.1, 0.15) is 16.8 Å². The number of halogens is 1. The van der Waals surface area contributed by atoms with Gasteiger partial charge >= 0.3 is 5.97 Å². The average molecular weight is 337 g/mol. The number of aromatic carboxylic acids is 1. The van der Waals surface area contributed by atoms with E-state index in [-0.39, 0.29) is 23.7 Å². The van der Waals surface area contributed by atoms with Gasteiger partial charge in [0.1, 0.15) is 21.2 Å². The van der Waals surface area contributed by atoms with E-state index in [0.717, 1.165) is 6.26 Å². The maximum Gasteiger partial charge on any atom is 0.339 e. The van der Waals surface area contributed by atoms with Crippen molar-refractivity contribution in [3.05, 3.63) is 28.2 Å². The fourth-order valence-electron chi connectivity index (χ4n) is 1.30. The van der Waals surface area contributed by atoms with Crippen molar-refractivity contribution >= 4 is 31.7 Å². The molecular weight excluding hydrogens is 324 g/mol. The summed E-state index contributed by atoms with van der Waals surface area (Å²) < 4.78 is 27.7. The van der Waals surface area contributed by atoms with Gasteiger partial charge in [-0.05, 0) is 24.6 Å². The molecule has 0 atom stereocenters. The Kier molecular flexibility index (Phi) is 5.15. The second-order valence-electron chi connectivity index (χ2n) is 3.78. The molecule has 0 amide bonds. The monoisotopic (exact) mass is 336 g/mol. The topological polar surface area (TPSA) is 80.7 Å². The zero-order chi connectivity index (χ0) is 13.8. The van der Waals surface area contributed by atoms with Crippen molar-refractivity contribution < 1.29 is 23.1 Å². The standard InChI is InChI=1S/C11H13BrO5S/c1-18(15,16)6-2-5-17-10-4-3-8(12)7-9(10)11(13)14/h3-4,7H,2,5-6H2,1H3,(H,13,14). The summed E-state index contributed by atoms with van der Waals surface area (Å²) in [6.07, 6.45) is 1.48. The molecule has 0 aromatic heterocycles. The van der Waals surface area contributed by atoms with Gasteiger partial charge in [0.25, 0.3) is 0 Å². The Bertz CT molecular complexity index is 538. The summed E-state index contributed by atoms with van der Waals surface area (Å²) >= 11 is 3.17. The molecule has 1 aromatic rings. The first-order chi connectivity index (χ1) is 8.29. The Hall–Kier alpha value is -1.08. The molecule has 0 aliphatic heterocycles. The zero-order valence-corrected chi connectivity index (χ0v) is 12.1. The lowest BCUT2D eigenvalue weighted by Crippen LogP contribution is -2.09. The van der Waals surface area contributed by atoms with E-state index in [1.54, 1.807) is 6.07 Å². The molecule has 0 aliphatic rings. The summed E-state index contributed by atoms with van der Waals surface area (Å²) in [6.45, 7) is 0.162. The first kappa shape index (κ1) is 15.0. The van der Waals surface area contributed by atoms with E-state index in [4.69, 9.17) is 9.84 Å². The second kappa shape index (κ2) is 6.19. The van der Waals surface area contributed by atoms with Gasteiger partial charge in [-0.1, -0.05) is 15.9 Å². The molecule has 100 valence electrons. The van der Waals surface area contributed by atoms with Crippen molar-refractivity contribution in [1.29, 1.82) is 0 Å². The third-order valence-corrected chi connectivity index (χ3v) is 3.61. The number of benzene rings is 1. The molecule has 0 spiro atoms. The van der Waals surface area contributed by atoms with Gasteiger partial charge in [-0.15, -0.1) is 0 Å².